The molecule has 0 aromatic heterocycles. The van der Waals surface area contributed by atoms with E-state index in [0.717, 1.165) is 24.3 Å². The molecule has 3 aliphatic heterocycles. The quantitative estimate of drug-likeness (QED) is 0.444. The number of carbonyl (C=O) groups is 2. The molecule has 4 unspecified atom stereocenters. The Morgan fingerprint density at radius 1 is 1.35 bits per heavy atom. The molecule has 138 valence electrons. The van der Waals surface area contributed by atoms with Gasteiger partial charge in [-0.1, -0.05) is 25.5 Å². The van der Waals surface area contributed by atoms with Crippen LogP contribution < -0.4 is 9.64 Å². The minimum absolute atomic E-state index is 0.0838. The van der Waals surface area contributed by atoms with Crippen molar-refractivity contribution in [2.75, 3.05) is 25.2 Å². The minimum atomic E-state index is -0.726. The van der Waals surface area contributed by atoms with Gasteiger partial charge >= 0.3 is 5.97 Å². The molecule has 2 fully saturated rings. The molecule has 2 bridgehead atoms. The average molecular weight is 357 g/mol. The molecule has 0 saturated carbocycles. The highest BCUT2D eigenvalue weighted by Crippen LogP contribution is 2.52. The van der Waals surface area contributed by atoms with Crippen molar-refractivity contribution in [1.82, 2.24) is 0 Å². The van der Waals surface area contributed by atoms with E-state index in [1.54, 1.807) is 12.0 Å². The van der Waals surface area contributed by atoms with E-state index in [2.05, 4.69) is 0 Å². The smallest absolute Gasteiger partial charge is 0.312 e. The fourth-order valence-electron chi connectivity index (χ4n) is 4.16. The zero-order chi connectivity index (χ0) is 18.3. The van der Waals surface area contributed by atoms with Crippen molar-refractivity contribution in [3.8, 4) is 5.75 Å². The van der Waals surface area contributed by atoms with Gasteiger partial charge in [-0.15, -0.1) is 0 Å². The number of rotatable bonds is 6. The highest BCUT2D eigenvalue weighted by molar-refractivity contribution is 6.02. The van der Waals surface area contributed by atoms with Crippen LogP contribution in [0.4, 0.5) is 5.69 Å². The van der Waals surface area contributed by atoms with Gasteiger partial charge < -0.3 is 19.1 Å². The van der Waals surface area contributed by atoms with E-state index in [1.165, 1.54) is 0 Å². The Morgan fingerprint density at radius 2 is 2.12 bits per heavy atom. The lowest BCUT2D eigenvalue weighted by atomic mass is 9.77. The maximum Gasteiger partial charge on any atom is 0.312 e. The van der Waals surface area contributed by atoms with Gasteiger partial charge in [-0.25, -0.2) is 0 Å². The lowest BCUT2D eigenvalue weighted by Crippen LogP contribution is -2.40. The number of benzene rings is 1. The Morgan fingerprint density at radius 3 is 2.81 bits per heavy atom. The van der Waals surface area contributed by atoms with E-state index in [-0.39, 0.29) is 18.0 Å². The standard InChI is InChI=1S/C20H23NO5/c1-3-4-11-25-19(23)16-15-9-10-20(26-15)12-21(18(22)17(16)20)13-5-7-14(24-2)8-6-13/h5-10,15-17H,3-4,11-12H2,1-2H3. The van der Waals surface area contributed by atoms with Crippen LogP contribution in [0.15, 0.2) is 36.4 Å². The SMILES string of the molecule is CCCCOC(=O)C1C2C=CC3(CN(c4ccc(OC)cc4)C(=O)C13)O2. The van der Waals surface area contributed by atoms with Crippen LogP contribution >= 0.6 is 0 Å². The third kappa shape index (κ3) is 2.51. The summed E-state index contributed by atoms with van der Waals surface area (Å²) in [5, 5.41) is 0. The second-order valence-corrected chi connectivity index (χ2v) is 7.04. The van der Waals surface area contributed by atoms with E-state index >= 15 is 0 Å². The molecule has 1 amide bonds. The number of fused-ring (bicyclic) bond motifs is 1. The summed E-state index contributed by atoms with van der Waals surface area (Å²) >= 11 is 0. The van der Waals surface area contributed by atoms with E-state index < -0.39 is 17.4 Å². The molecule has 3 heterocycles. The van der Waals surface area contributed by atoms with Crippen LogP contribution in [0, 0.1) is 11.8 Å². The number of hydrogen-bond donors (Lipinski definition) is 0. The van der Waals surface area contributed by atoms with Gasteiger partial charge in [-0.2, -0.15) is 0 Å². The fourth-order valence-corrected chi connectivity index (χ4v) is 4.16. The summed E-state index contributed by atoms with van der Waals surface area (Å²) in [6.45, 7) is 2.84. The fraction of sp³-hybridized carbons (Fsp3) is 0.500. The summed E-state index contributed by atoms with van der Waals surface area (Å²) in [5.41, 5.74) is 0.0500. The Bertz CT molecular complexity index is 743. The molecule has 0 N–H and O–H groups in total. The highest BCUT2D eigenvalue weighted by atomic mass is 16.6. The van der Waals surface area contributed by atoms with Crippen molar-refractivity contribution in [3.05, 3.63) is 36.4 Å². The number of anilines is 1. The van der Waals surface area contributed by atoms with Crippen molar-refractivity contribution in [1.29, 1.82) is 0 Å². The third-order valence-electron chi connectivity index (χ3n) is 5.50. The summed E-state index contributed by atoms with van der Waals surface area (Å²) in [6.07, 6.45) is 5.25. The van der Waals surface area contributed by atoms with Crippen LogP contribution in [0.25, 0.3) is 0 Å². The van der Waals surface area contributed by atoms with Crippen molar-refractivity contribution < 1.29 is 23.8 Å². The molecule has 1 aromatic carbocycles. The summed E-state index contributed by atoms with van der Waals surface area (Å²) in [4.78, 5) is 27.4. The summed E-state index contributed by atoms with van der Waals surface area (Å²) < 4.78 is 16.7. The van der Waals surface area contributed by atoms with Crippen molar-refractivity contribution in [2.45, 2.75) is 31.5 Å². The first-order chi connectivity index (χ1) is 12.6. The number of amides is 1. The summed E-state index contributed by atoms with van der Waals surface area (Å²) in [7, 11) is 1.60. The van der Waals surface area contributed by atoms with Crippen LogP contribution in [-0.2, 0) is 19.1 Å². The maximum absolute atomic E-state index is 13.1. The number of unbranched alkanes of at least 4 members (excludes halogenated alkanes) is 1. The Balaban J connectivity index is 1.57. The Labute approximate surface area is 152 Å². The molecular weight excluding hydrogens is 334 g/mol. The second-order valence-electron chi connectivity index (χ2n) is 7.04. The van der Waals surface area contributed by atoms with Crippen molar-refractivity contribution in [2.24, 2.45) is 11.8 Å². The van der Waals surface area contributed by atoms with Crippen LogP contribution in [0.1, 0.15) is 19.8 Å². The van der Waals surface area contributed by atoms with Gasteiger partial charge in [0.1, 0.15) is 17.3 Å². The molecule has 6 heteroatoms. The molecule has 0 aliphatic carbocycles. The van der Waals surface area contributed by atoms with Gasteiger partial charge in [-0.05, 0) is 30.7 Å². The third-order valence-corrected chi connectivity index (χ3v) is 5.50. The molecule has 1 spiro atoms. The zero-order valence-electron chi connectivity index (χ0n) is 15.0. The maximum atomic E-state index is 13.1. The summed E-state index contributed by atoms with van der Waals surface area (Å²) in [6, 6.07) is 7.33. The Kier molecular flexibility index (Phi) is 4.23. The van der Waals surface area contributed by atoms with Gasteiger partial charge in [0.15, 0.2) is 0 Å². The monoisotopic (exact) mass is 357 g/mol. The molecule has 26 heavy (non-hydrogen) atoms. The predicted molar refractivity (Wildman–Crippen MR) is 94.9 cm³/mol. The second kappa shape index (κ2) is 6.43. The van der Waals surface area contributed by atoms with E-state index in [4.69, 9.17) is 14.2 Å². The van der Waals surface area contributed by atoms with Gasteiger partial charge in [0.2, 0.25) is 5.91 Å². The van der Waals surface area contributed by atoms with Crippen molar-refractivity contribution in [3.63, 3.8) is 0 Å². The van der Waals surface area contributed by atoms with Gasteiger partial charge in [0.05, 0.1) is 32.3 Å². The minimum Gasteiger partial charge on any atom is -0.497 e. The normalized spacial score (nSPS) is 31.4. The number of carbonyl (C=O) groups excluding carboxylic acids is 2. The highest BCUT2D eigenvalue weighted by Gasteiger charge is 2.67. The van der Waals surface area contributed by atoms with E-state index in [0.29, 0.717) is 13.2 Å². The van der Waals surface area contributed by atoms with Gasteiger partial charge in [0.25, 0.3) is 0 Å². The first kappa shape index (κ1) is 17.1. The van der Waals surface area contributed by atoms with Crippen LogP contribution in [0.2, 0.25) is 0 Å². The molecule has 4 rings (SSSR count). The number of ether oxygens (including phenoxy) is 3. The Hall–Kier alpha value is -2.34. The van der Waals surface area contributed by atoms with Gasteiger partial charge in [-0.3, -0.25) is 9.59 Å². The average Bonchev–Trinajstić information content (AvgIpc) is 3.30. The zero-order valence-corrected chi connectivity index (χ0v) is 15.0. The lowest BCUT2D eigenvalue weighted by molar-refractivity contribution is -0.152. The van der Waals surface area contributed by atoms with Crippen LogP contribution in [-0.4, -0.2) is 43.8 Å². The van der Waals surface area contributed by atoms with Crippen LogP contribution in [0.3, 0.4) is 0 Å². The van der Waals surface area contributed by atoms with E-state index in [1.807, 2.05) is 43.3 Å². The molecule has 3 aliphatic rings. The molecule has 1 aromatic rings. The predicted octanol–water partition coefficient (Wildman–Crippen LogP) is 2.32. The number of hydrogen-bond acceptors (Lipinski definition) is 5. The number of nitrogens with zero attached hydrogens (tertiary/aromatic N) is 1. The number of methoxy groups -OCH3 is 1. The lowest BCUT2D eigenvalue weighted by Gasteiger charge is -2.22. The summed E-state index contributed by atoms with van der Waals surface area (Å²) in [5.74, 6) is -0.765. The molecular formula is C20H23NO5. The first-order valence-corrected chi connectivity index (χ1v) is 9.09. The van der Waals surface area contributed by atoms with Crippen LogP contribution in [0.5, 0.6) is 5.75 Å². The molecule has 0 radical (unpaired) electrons. The topological polar surface area (TPSA) is 65.1 Å². The molecule has 2 saturated heterocycles. The van der Waals surface area contributed by atoms with Gasteiger partial charge in [0, 0.05) is 5.69 Å². The largest absolute Gasteiger partial charge is 0.497 e. The molecule has 4 atom stereocenters. The van der Waals surface area contributed by atoms with Crippen molar-refractivity contribution >= 4 is 17.6 Å². The number of esters is 1. The van der Waals surface area contributed by atoms with E-state index in [9.17, 15) is 9.59 Å². The molecule has 6 nitrogen and oxygen atoms in total. The first-order valence-electron chi connectivity index (χ1n) is 9.09.